The molecule has 4 nitrogen and oxygen atoms in total. The van der Waals surface area contributed by atoms with Crippen LogP contribution in [0.4, 0.5) is 9.52 Å². The first-order chi connectivity index (χ1) is 8.63. The number of carbonyl (C=O) groups is 1. The van der Waals surface area contributed by atoms with E-state index in [9.17, 15) is 9.18 Å². The van der Waals surface area contributed by atoms with Crippen LogP contribution >= 0.6 is 11.3 Å². The summed E-state index contributed by atoms with van der Waals surface area (Å²) >= 11 is 1.34. The average Bonchev–Trinajstić information content (AvgIpc) is 2.76. The topological polar surface area (TPSA) is 68.0 Å². The van der Waals surface area contributed by atoms with Crippen LogP contribution in [0, 0.1) is 5.82 Å². The van der Waals surface area contributed by atoms with E-state index in [0.717, 1.165) is 11.3 Å². The highest BCUT2D eigenvalue weighted by atomic mass is 32.1. The van der Waals surface area contributed by atoms with Crippen LogP contribution in [0.1, 0.15) is 11.3 Å². The first-order valence-corrected chi connectivity index (χ1v) is 6.22. The molecule has 94 valence electrons. The summed E-state index contributed by atoms with van der Waals surface area (Å²) in [5.74, 6) is -0.440. The van der Waals surface area contributed by atoms with Crippen LogP contribution in [0.15, 0.2) is 29.6 Å². The van der Waals surface area contributed by atoms with Gasteiger partial charge >= 0.3 is 0 Å². The first-order valence-electron chi connectivity index (χ1n) is 5.34. The minimum absolute atomic E-state index is 0.131. The number of thiazole rings is 1. The van der Waals surface area contributed by atoms with Crippen LogP contribution in [0.2, 0.25) is 0 Å². The molecule has 0 aliphatic rings. The minimum Gasteiger partial charge on any atom is -0.375 e. The first kappa shape index (κ1) is 12.5. The number of nitrogens with one attached hydrogen (secondary N) is 1. The number of amides is 1. The second kappa shape index (κ2) is 5.59. The van der Waals surface area contributed by atoms with Gasteiger partial charge in [-0.25, -0.2) is 9.37 Å². The fraction of sp³-hybridized carbons (Fsp3) is 0.167. The number of anilines is 1. The Morgan fingerprint density at radius 3 is 2.72 bits per heavy atom. The fourth-order valence-corrected chi connectivity index (χ4v) is 2.01. The molecule has 0 bridgehead atoms. The van der Waals surface area contributed by atoms with Gasteiger partial charge in [0.25, 0.3) is 0 Å². The Morgan fingerprint density at radius 1 is 1.39 bits per heavy atom. The predicted octanol–water partition coefficient (Wildman–Crippen LogP) is 1.72. The molecule has 0 atom stereocenters. The SMILES string of the molecule is Nc1nc(CNC(=O)Cc2ccc(F)cc2)cs1. The van der Waals surface area contributed by atoms with Crippen LogP contribution in [0.25, 0.3) is 0 Å². The number of hydrogen-bond acceptors (Lipinski definition) is 4. The standard InChI is InChI=1S/C12H12FN3OS/c13-9-3-1-8(2-4-9)5-11(17)15-6-10-7-18-12(14)16-10/h1-4,7H,5-6H2,(H2,14,16)(H,15,17). The molecular formula is C12H12FN3OS. The zero-order chi connectivity index (χ0) is 13.0. The number of rotatable bonds is 4. The third kappa shape index (κ3) is 3.53. The molecule has 1 heterocycles. The van der Waals surface area contributed by atoms with E-state index in [1.165, 1.54) is 23.5 Å². The molecule has 0 aliphatic heterocycles. The molecule has 0 saturated heterocycles. The maximum absolute atomic E-state index is 12.7. The molecule has 0 radical (unpaired) electrons. The number of nitrogens with two attached hydrogens (primary N) is 1. The number of hydrogen-bond donors (Lipinski definition) is 2. The highest BCUT2D eigenvalue weighted by Gasteiger charge is 2.05. The summed E-state index contributed by atoms with van der Waals surface area (Å²) in [5, 5.41) is 5.01. The molecular weight excluding hydrogens is 253 g/mol. The number of nitrogens with zero attached hydrogens (tertiary/aromatic N) is 1. The zero-order valence-electron chi connectivity index (χ0n) is 9.52. The van der Waals surface area contributed by atoms with Gasteiger partial charge in [0.15, 0.2) is 5.13 Å². The smallest absolute Gasteiger partial charge is 0.224 e. The van der Waals surface area contributed by atoms with Crippen molar-refractivity contribution in [3.63, 3.8) is 0 Å². The molecule has 6 heteroatoms. The third-order valence-electron chi connectivity index (χ3n) is 2.31. The zero-order valence-corrected chi connectivity index (χ0v) is 10.3. The van der Waals surface area contributed by atoms with Crippen LogP contribution < -0.4 is 11.1 Å². The van der Waals surface area contributed by atoms with Crippen LogP contribution in [-0.4, -0.2) is 10.9 Å². The van der Waals surface area contributed by atoms with Gasteiger partial charge in [-0.3, -0.25) is 4.79 Å². The van der Waals surface area contributed by atoms with E-state index >= 15 is 0 Å². The number of aromatic nitrogens is 1. The molecule has 0 saturated carbocycles. The molecule has 0 spiro atoms. The normalized spacial score (nSPS) is 10.3. The molecule has 0 aliphatic carbocycles. The third-order valence-corrected chi connectivity index (χ3v) is 3.04. The Labute approximate surface area is 108 Å². The van der Waals surface area contributed by atoms with E-state index in [0.29, 0.717) is 11.7 Å². The van der Waals surface area contributed by atoms with Gasteiger partial charge < -0.3 is 11.1 Å². The molecule has 0 unspecified atom stereocenters. The van der Waals surface area contributed by atoms with Crippen LogP contribution in [0.5, 0.6) is 0 Å². The molecule has 2 aromatic rings. The lowest BCUT2D eigenvalue weighted by molar-refractivity contribution is -0.120. The van der Waals surface area contributed by atoms with Crippen molar-refractivity contribution in [3.8, 4) is 0 Å². The van der Waals surface area contributed by atoms with Crippen LogP contribution in [-0.2, 0) is 17.8 Å². The Hall–Kier alpha value is -1.95. The van der Waals surface area contributed by atoms with Crippen molar-refractivity contribution in [3.05, 3.63) is 46.7 Å². The summed E-state index contributed by atoms with van der Waals surface area (Å²) in [7, 11) is 0. The van der Waals surface area contributed by atoms with E-state index in [1.807, 2.05) is 0 Å². The van der Waals surface area contributed by atoms with Gasteiger partial charge in [0.05, 0.1) is 18.7 Å². The molecule has 3 N–H and O–H groups in total. The molecule has 1 aromatic heterocycles. The Morgan fingerprint density at radius 2 is 2.11 bits per heavy atom. The van der Waals surface area contributed by atoms with Gasteiger partial charge in [-0.2, -0.15) is 0 Å². The van der Waals surface area contributed by atoms with Gasteiger partial charge in [-0.1, -0.05) is 12.1 Å². The predicted molar refractivity (Wildman–Crippen MR) is 68.5 cm³/mol. The molecule has 1 amide bonds. The van der Waals surface area contributed by atoms with Gasteiger partial charge in [-0.15, -0.1) is 11.3 Å². The van der Waals surface area contributed by atoms with Crippen molar-refractivity contribution in [2.24, 2.45) is 0 Å². The average molecular weight is 265 g/mol. The van der Waals surface area contributed by atoms with E-state index in [-0.39, 0.29) is 18.1 Å². The van der Waals surface area contributed by atoms with Gasteiger partial charge in [0.1, 0.15) is 5.82 Å². The summed E-state index contributed by atoms with van der Waals surface area (Å²) in [6.07, 6.45) is 0.222. The van der Waals surface area contributed by atoms with Crippen molar-refractivity contribution < 1.29 is 9.18 Å². The number of carbonyl (C=O) groups excluding carboxylic acids is 1. The maximum Gasteiger partial charge on any atom is 0.224 e. The van der Waals surface area contributed by atoms with Gasteiger partial charge in [0, 0.05) is 5.38 Å². The van der Waals surface area contributed by atoms with Gasteiger partial charge in [0.2, 0.25) is 5.91 Å². The molecule has 0 fully saturated rings. The summed E-state index contributed by atoms with van der Waals surface area (Å²) in [5.41, 5.74) is 6.99. The Kier molecular flexibility index (Phi) is 3.88. The van der Waals surface area contributed by atoms with E-state index in [1.54, 1.807) is 17.5 Å². The summed E-state index contributed by atoms with van der Waals surface area (Å²) in [4.78, 5) is 15.7. The molecule has 18 heavy (non-hydrogen) atoms. The second-order valence-corrected chi connectivity index (χ2v) is 4.65. The van der Waals surface area contributed by atoms with Crippen molar-refractivity contribution in [1.82, 2.24) is 10.3 Å². The van der Waals surface area contributed by atoms with Crippen molar-refractivity contribution in [2.75, 3.05) is 5.73 Å². The fourth-order valence-electron chi connectivity index (χ4n) is 1.44. The monoisotopic (exact) mass is 265 g/mol. The lowest BCUT2D eigenvalue weighted by atomic mass is 10.1. The highest BCUT2D eigenvalue weighted by Crippen LogP contribution is 2.10. The summed E-state index contributed by atoms with van der Waals surface area (Å²) in [6, 6.07) is 5.86. The number of benzene rings is 1. The second-order valence-electron chi connectivity index (χ2n) is 3.76. The highest BCUT2D eigenvalue weighted by molar-refractivity contribution is 7.13. The van der Waals surface area contributed by atoms with Crippen molar-refractivity contribution >= 4 is 22.4 Å². The largest absolute Gasteiger partial charge is 0.375 e. The minimum atomic E-state index is -0.308. The van der Waals surface area contributed by atoms with E-state index < -0.39 is 0 Å². The van der Waals surface area contributed by atoms with E-state index in [2.05, 4.69) is 10.3 Å². The Bertz CT molecular complexity index is 539. The van der Waals surface area contributed by atoms with Crippen LogP contribution in [0.3, 0.4) is 0 Å². The van der Waals surface area contributed by atoms with Gasteiger partial charge in [-0.05, 0) is 17.7 Å². The number of halogens is 1. The van der Waals surface area contributed by atoms with Crippen molar-refractivity contribution in [2.45, 2.75) is 13.0 Å². The number of nitrogen functional groups attached to an aromatic ring is 1. The van der Waals surface area contributed by atoms with E-state index in [4.69, 9.17) is 5.73 Å². The summed E-state index contributed by atoms with van der Waals surface area (Å²) < 4.78 is 12.7. The molecule has 2 rings (SSSR count). The Balaban J connectivity index is 1.83. The van der Waals surface area contributed by atoms with Crippen molar-refractivity contribution in [1.29, 1.82) is 0 Å². The maximum atomic E-state index is 12.7. The summed E-state index contributed by atoms with van der Waals surface area (Å²) in [6.45, 7) is 0.355. The lowest BCUT2D eigenvalue weighted by Gasteiger charge is -2.03. The molecule has 1 aromatic carbocycles. The quantitative estimate of drug-likeness (QED) is 0.884. The lowest BCUT2D eigenvalue weighted by Crippen LogP contribution is -2.24.